The van der Waals surface area contributed by atoms with Gasteiger partial charge in [-0.2, -0.15) is 0 Å². The largest absolute Gasteiger partial charge is 0.495 e. The predicted octanol–water partition coefficient (Wildman–Crippen LogP) is 3.71. The molecule has 2 N–H and O–H groups in total. The smallest absolute Gasteiger partial charge is 0.262 e. The van der Waals surface area contributed by atoms with E-state index in [1.54, 1.807) is 18.2 Å². The Balaban J connectivity index is 1.43. The van der Waals surface area contributed by atoms with Gasteiger partial charge in [-0.05, 0) is 55.7 Å². The Bertz CT molecular complexity index is 1230. The number of nitrogens with one attached hydrogen (secondary N) is 2. The molecule has 0 unspecified atom stereocenters. The van der Waals surface area contributed by atoms with Crippen LogP contribution in [-0.4, -0.2) is 34.3 Å². The van der Waals surface area contributed by atoms with Crippen molar-refractivity contribution in [3.8, 4) is 11.5 Å². The molecule has 2 aromatic carbocycles. The van der Waals surface area contributed by atoms with Crippen LogP contribution in [0, 0.1) is 0 Å². The molecule has 0 aliphatic heterocycles. The highest BCUT2D eigenvalue weighted by molar-refractivity contribution is 7.92. The van der Waals surface area contributed by atoms with Crippen LogP contribution >= 0.6 is 0 Å². The summed E-state index contributed by atoms with van der Waals surface area (Å²) in [7, 11) is -2.06. The molecule has 8 nitrogen and oxygen atoms in total. The molecule has 1 aliphatic carbocycles. The molecule has 0 saturated carbocycles. The van der Waals surface area contributed by atoms with Crippen molar-refractivity contribution in [2.45, 2.75) is 25.7 Å². The molecule has 1 aromatic heterocycles. The molecule has 1 amide bonds. The maximum atomic E-state index is 12.4. The number of benzene rings is 2. The van der Waals surface area contributed by atoms with Crippen molar-refractivity contribution in [3.63, 3.8) is 0 Å². The number of fused-ring (bicyclic) bond motifs is 3. The van der Waals surface area contributed by atoms with Gasteiger partial charge in [0.2, 0.25) is 10.0 Å². The first-order chi connectivity index (χ1) is 14.8. The Hall–Kier alpha value is -3.20. The second-order valence-corrected chi connectivity index (χ2v) is 9.24. The third kappa shape index (κ3) is 4.93. The SMILES string of the molecule is COc1ccc(NC(=O)COc2ccc3oc4c(c3c2)CCCC4)cc1NS(C)(=O)=O. The summed E-state index contributed by atoms with van der Waals surface area (Å²) in [6, 6.07) is 10.2. The molecule has 9 heteroatoms. The Morgan fingerprint density at radius 3 is 2.71 bits per heavy atom. The fraction of sp³-hybridized carbons (Fsp3) is 0.318. The number of carbonyl (C=O) groups is 1. The number of amides is 1. The lowest BCUT2D eigenvalue weighted by molar-refractivity contribution is -0.118. The minimum absolute atomic E-state index is 0.188. The van der Waals surface area contributed by atoms with Crippen molar-refractivity contribution in [3.05, 3.63) is 47.7 Å². The van der Waals surface area contributed by atoms with Crippen molar-refractivity contribution >= 4 is 38.3 Å². The molecule has 1 aliphatic rings. The van der Waals surface area contributed by atoms with Gasteiger partial charge >= 0.3 is 0 Å². The van der Waals surface area contributed by atoms with Gasteiger partial charge in [0.15, 0.2) is 6.61 Å². The summed E-state index contributed by atoms with van der Waals surface area (Å²) in [4.78, 5) is 12.4. The average molecular weight is 445 g/mol. The third-order valence-electron chi connectivity index (χ3n) is 5.08. The van der Waals surface area contributed by atoms with Crippen molar-refractivity contribution in [1.82, 2.24) is 0 Å². The molecule has 164 valence electrons. The Morgan fingerprint density at radius 2 is 1.94 bits per heavy atom. The monoisotopic (exact) mass is 444 g/mol. The third-order valence-corrected chi connectivity index (χ3v) is 5.67. The summed E-state index contributed by atoms with van der Waals surface area (Å²) >= 11 is 0. The zero-order valence-electron chi connectivity index (χ0n) is 17.4. The molecular formula is C22H24N2O6S. The molecule has 0 fully saturated rings. The van der Waals surface area contributed by atoms with Crippen LogP contribution in [0.4, 0.5) is 11.4 Å². The number of rotatable bonds is 7. The van der Waals surface area contributed by atoms with Crippen molar-refractivity contribution in [2.24, 2.45) is 0 Å². The summed E-state index contributed by atoms with van der Waals surface area (Å²) in [5, 5.41) is 3.74. The van der Waals surface area contributed by atoms with E-state index in [4.69, 9.17) is 13.9 Å². The second kappa shape index (κ2) is 8.50. The standard InChI is InChI=1S/C22H24N2O6S/c1-28-21-9-7-14(11-18(21)24-31(2,26)27)23-22(25)13-29-15-8-10-20-17(12-15)16-5-3-4-6-19(16)30-20/h7-12,24H,3-6,13H2,1-2H3,(H,23,25). The number of carbonyl (C=O) groups excluding carboxylic acids is 1. The number of methoxy groups -OCH3 is 1. The minimum atomic E-state index is -3.50. The number of sulfonamides is 1. The minimum Gasteiger partial charge on any atom is -0.495 e. The number of furan rings is 1. The van der Waals surface area contributed by atoms with Crippen LogP contribution in [0.25, 0.3) is 11.0 Å². The lowest BCUT2D eigenvalue weighted by atomic mass is 9.96. The Labute approximate surface area is 180 Å². The first-order valence-electron chi connectivity index (χ1n) is 9.95. The fourth-order valence-corrected chi connectivity index (χ4v) is 4.30. The normalized spacial score (nSPS) is 13.5. The molecule has 0 spiro atoms. The van der Waals surface area contributed by atoms with Gasteiger partial charge in [0.1, 0.15) is 22.8 Å². The van der Waals surface area contributed by atoms with Crippen molar-refractivity contribution < 1.29 is 27.1 Å². The topological polar surface area (TPSA) is 107 Å². The Morgan fingerprint density at radius 1 is 1.13 bits per heavy atom. The van der Waals surface area contributed by atoms with E-state index in [0.29, 0.717) is 17.2 Å². The van der Waals surface area contributed by atoms with E-state index in [1.165, 1.54) is 18.7 Å². The molecule has 0 atom stereocenters. The van der Waals surface area contributed by atoms with Gasteiger partial charge in [-0.25, -0.2) is 8.42 Å². The van der Waals surface area contributed by atoms with Gasteiger partial charge in [-0.1, -0.05) is 0 Å². The molecular weight excluding hydrogens is 420 g/mol. The van der Waals surface area contributed by atoms with Crippen LogP contribution in [0.1, 0.15) is 24.2 Å². The highest BCUT2D eigenvalue weighted by Crippen LogP contribution is 2.34. The van der Waals surface area contributed by atoms with E-state index in [0.717, 1.165) is 48.7 Å². The van der Waals surface area contributed by atoms with Gasteiger partial charge in [-0.3, -0.25) is 9.52 Å². The van der Waals surface area contributed by atoms with Gasteiger partial charge in [0.25, 0.3) is 5.91 Å². The van der Waals surface area contributed by atoms with E-state index in [9.17, 15) is 13.2 Å². The van der Waals surface area contributed by atoms with Gasteiger partial charge in [-0.15, -0.1) is 0 Å². The lowest BCUT2D eigenvalue weighted by Gasteiger charge is -2.13. The molecule has 31 heavy (non-hydrogen) atoms. The Kier molecular flexibility index (Phi) is 5.77. The van der Waals surface area contributed by atoms with E-state index in [1.807, 2.05) is 12.1 Å². The summed E-state index contributed by atoms with van der Waals surface area (Å²) in [6.07, 6.45) is 5.28. The quantitative estimate of drug-likeness (QED) is 0.575. The molecule has 4 rings (SSSR count). The molecule has 0 radical (unpaired) electrons. The first kappa shape index (κ1) is 21.0. The van der Waals surface area contributed by atoms with E-state index >= 15 is 0 Å². The summed E-state index contributed by atoms with van der Waals surface area (Å²) in [5.41, 5.74) is 2.73. The van der Waals surface area contributed by atoms with E-state index in [-0.39, 0.29) is 18.2 Å². The second-order valence-electron chi connectivity index (χ2n) is 7.50. The van der Waals surface area contributed by atoms with Crippen molar-refractivity contribution in [2.75, 3.05) is 30.0 Å². The summed E-state index contributed by atoms with van der Waals surface area (Å²) < 4.78 is 42.2. The molecule has 3 aromatic rings. The molecule has 1 heterocycles. The predicted molar refractivity (Wildman–Crippen MR) is 118 cm³/mol. The van der Waals surface area contributed by atoms with Crippen LogP contribution in [0.5, 0.6) is 11.5 Å². The van der Waals surface area contributed by atoms with Gasteiger partial charge in [0.05, 0.1) is 19.1 Å². The number of aryl methyl sites for hydroxylation is 2. The number of hydrogen-bond acceptors (Lipinski definition) is 6. The van der Waals surface area contributed by atoms with Crippen LogP contribution in [0.3, 0.4) is 0 Å². The fourth-order valence-electron chi connectivity index (χ4n) is 3.74. The van der Waals surface area contributed by atoms with Gasteiger partial charge < -0.3 is 19.2 Å². The highest BCUT2D eigenvalue weighted by Gasteiger charge is 2.18. The summed E-state index contributed by atoms with van der Waals surface area (Å²) in [5.74, 6) is 1.61. The van der Waals surface area contributed by atoms with Crippen molar-refractivity contribution in [1.29, 1.82) is 0 Å². The maximum Gasteiger partial charge on any atom is 0.262 e. The number of ether oxygens (including phenoxy) is 2. The van der Waals surface area contributed by atoms with E-state index in [2.05, 4.69) is 10.0 Å². The average Bonchev–Trinajstić information content (AvgIpc) is 3.09. The molecule has 0 bridgehead atoms. The maximum absolute atomic E-state index is 12.4. The number of hydrogen-bond donors (Lipinski definition) is 2. The molecule has 0 saturated heterocycles. The zero-order chi connectivity index (χ0) is 22.0. The van der Waals surface area contributed by atoms with Crippen LogP contribution < -0.4 is 19.5 Å². The first-order valence-corrected chi connectivity index (χ1v) is 11.8. The van der Waals surface area contributed by atoms with Gasteiger partial charge in [0, 0.05) is 23.1 Å². The summed E-state index contributed by atoms with van der Waals surface area (Å²) in [6.45, 7) is -0.188. The number of anilines is 2. The zero-order valence-corrected chi connectivity index (χ0v) is 18.2. The van der Waals surface area contributed by atoms with Crippen LogP contribution in [0.2, 0.25) is 0 Å². The van der Waals surface area contributed by atoms with Crippen LogP contribution in [0.15, 0.2) is 40.8 Å². The lowest BCUT2D eigenvalue weighted by Crippen LogP contribution is -2.20. The van der Waals surface area contributed by atoms with Crippen LogP contribution in [-0.2, 0) is 27.7 Å². The highest BCUT2D eigenvalue weighted by atomic mass is 32.2. The van der Waals surface area contributed by atoms with E-state index < -0.39 is 10.0 Å².